The van der Waals surface area contributed by atoms with Crippen LogP contribution in [-0.2, 0) is 22.8 Å². The van der Waals surface area contributed by atoms with Crippen LogP contribution in [0.2, 0.25) is 25.7 Å². The lowest BCUT2D eigenvalue weighted by atomic mass is 10.0. The molecule has 1 aromatic heterocycles. The fourth-order valence-electron chi connectivity index (χ4n) is 3.97. The molecule has 6 heteroatoms. The van der Waals surface area contributed by atoms with Gasteiger partial charge < -0.3 is 18.9 Å². The number of nitrogens with zero attached hydrogens (tertiary/aromatic N) is 2. The first-order chi connectivity index (χ1) is 15.8. The minimum atomic E-state index is -1.14. The Bertz CT molecular complexity index is 1090. The Hall–Kier alpha value is -1.83. The number of likely N-dealkylation sites (N-methyl/N-ethyl adjacent to an activating group) is 1. The van der Waals surface area contributed by atoms with Gasteiger partial charge in [0, 0.05) is 47.8 Å². The van der Waals surface area contributed by atoms with Crippen LogP contribution >= 0.6 is 11.8 Å². The predicted octanol–water partition coefficient (Wildman–Crippen LogP) is 6.68. The molecular weight excluding hydrogens is 444 g/mol. The molecule has 1 aliphatic rings. The average Bonchev–Trinajstić information content (AvgIpc) is 3.05. The minimum absolute atomic E-state index is 0.549. The number of hydrogen-bond donors (Lipinski definition) is 0. The third kappa shape index (κ3) is 6.00. The van der Waals surface area contributed by atoms with Crippen molar-refractivity contribution in [3.63, 3.8) is 0 Å². The molecule has 1 aliphatic heterocycles. The Balaban J connectivity index is 1.73. The highest BCUT2D eigenvalue weighted by atomic mass is 32.2. The Morgan fingerprint density at radius 3 is 2.21 bits per heavy atom. The summed E-state index contributed by atoms with van der Waals surface area (Å²) in [7, 11) is 3.01. The topological polar surface area (TPSA) is 26.6 Å². The molecule has 4 nitrogen and oxygen atoms in total. The SMILES string of the molecule is CN(C)CCOCc1cc2c(n1COCC[Si](C)(C)C)-c1ccccc1Sc1ccccc1-2. The first-order valence-corrected chi connectivity index (χ1v) is 16.2. The zero-order chi connectivity index (χ0) is 23.4. The van der Waals surface area contributed by atoms with E-state index >= 15 is 0 Å². The Morgan fingerprint density at radius 2 is 1.52 bits per heavy atom. The smallest absolute Gasteiger partial charge is 0.123 e. The van der Waals surface area contributed by atoms with E-state index in [2.05, 4.69) is 97.8 Å². The van der Waals surface area contributed by atoms with Gasteiger partial charge in [-0.3, -0.25) is 0 Å². The van der Waals surface area contributed by atoms with Crippen LogP contribution in [0.3, 0.4) is 0 Å². The van der Waals surface area contributed by atoms with Gasteiger partial charge >= 0.3 is 0 Å². The zero-order valence-electron chi connectivity index (χ0n) is 20.6. The first kappa shape index (κ1) is 24.3. The molecule has 0 bridgehead atoms. The van der Waals surface area contributed by atoms with E-state index in [0.717, 1.165) is 13.2 Å². The second-order valence-corrected chi connectivity index (χ2v) is 16.8. The maximum Gasteiger partial charge on any atom is 0.123 e. The summed E-state index contributed by atoms with van der Waals surface area (Å²) in [6.07, 6.45) is 0. The molecule has 0 unspecified atom stereocenters. The van der Waals surface area contributed by atoms with Crippen LogP contribution in [0.25, 0.3) is 22.4 Å². The number of ether oxygens (including phenoxy) is 2. The lowest BCUT2D eigenvalue weighted by molar-refractivity contribution is 0.0707. The Labute approximate surface area is 203 Å². The Morgan fingerprint density at radius 1 is 0.848 bits per heavy atom. The van der Waals surface area contributed by atoms with Crippen molar-refractivity contribution in [1.82, 2.24) is 9.47 Å². The van der Waals surface area contributed by atoms with Crippen molar-refractivity contribution in [2.45, 2.75) is 48.8 Å². The molecule has 33 heavy (non-hydrogen) atoms. The third-order valence-electron chi connectivity index (χ3n) is 5.87. The highest BCUT2D eigenvalue weighted by Crippen LogP contribution is 2.48. The van der Waals surface area contributed by atoms with Gasteiger partial charge in [0.05, 0.1) is 18.9 Å². The molecule has 176 valence electrons. The molecule has 0 N–H and O–H groups in total. The third-order valence-corrected chi connectivity index (χ3v) is 8.73. The van der Waals surface area contributed by atoms with Crippen molar-refractivity contribution in [3.05, 3.63) is 60.3 Å². The van der Waals surface area contributed by atoms with Crippen LogP contribution in [0.5, 0.6) is 0 Å². The van der Waals surface area contributed by atoms with Crippen molar-refractivity contribution in [2.24, 2.45) is 0 Å². The molecular formula is C27H36N2O2SSi. The van der Waals surface area contributed by atoms with Crippen LogP contribution in [0.4, 0.5) is 0 Å². The number of benzene rings is 2. The van der Waals surface area contributed by atoms with E-state index in [4.69, 9.17) is 9.47 Å². The van der Waals surface area contributed by atoms with E-state index in [1.807, 2.05) is 11.8 Å². The summed E-state index contributed by atoms with van der Waals surface area (Å²) in [5, 5.41) is 0. The number of aromatic nitrogens is 1. The summed E-state index contributed by atoms with van der Waals surface area (Å²) in [6.45, 7) is 10.7. The maximum absolute atomic E-state index is 6.28. The number of fused-ring (bicyclic) bond motifs is 5. The van der Waals surface area contributed by atoms with Crippen molar-refractivity contribution in [2.75, 3.05) is 33.9 Å². The zero-order valence-corrected chi connectivity index (χ0v) is 22.4. The summed E-state index contributed by atoms with van der Waals surface area (Å²) in [5.74, 6) is 0. The van der Waals surface area contributed by atoms with Gasteiger partial charge in [0.2, 0.25) is 0 Å². The highest BCUT2D eigenvalue weighted by Gasteiger charge is 2.25. The van der Waals surface area contributed by atoms with Gasteiger partial charge in [-0.2, -0.15) is 0 Å². The van der Waals surface area contributed by atoms with Crippen LogP contribution in [0.15, 0.2) is 64.4 Å². The fourth-order valence-corrected chi connectivity index (χ4v) is 5.82. The average molecular weight is 481 g/mol. The largest absolute Gasteiger partial charge is 0.374 e. The van der Waals surface area contributed by atoms with Gasteiger partial charge in [0.1, 0.15) is 6.73 Å². The summed E-state index contributed by atoms with van der Waals surface area (Å²) in [6, 6.07) is 20.9. The van der Waals surface area contributed by atoms with Crippen LogP contribution in [0.1, 0.15) is 5.69 Å². The summed E-state index contributed by atoms with van der Waals surface area (Å²) in [4.78, 5) is 4.73. The van der Waals surface area contributed by atoms with Gasteiger partial charge in [0.25, 0.3) is 0 Å². The molecule has 0 atom stereocenters. The maximum atomic E-state index is 6.28. The molecule has 3 aromatic rings. The molecule has 0 saturated carbocycles. The van der Waals surface area contributed by atoms with E-state index in [-0.39, 0.29) is 0 Å². The van der Waals surface area contributed by atoms with E-state index in [0.29, 0.717) is 19.9 Å². The fraction of sp³-hybridized carbons (Fsp3) is 0.407. The van der Waals surface area contributed by atoms with Crippen molar-refractivity contribution < 1.29 is 9.47 Å². The molecule has 0 saturated heterocycles. The van der Waals surface area contributed by atoms with Gasteiger partial charge in [-0.05, 0) is 43.9 Å². The molecule has 0 fully saturated rings. The monoisotopic (exact) mass is 480 g/mol. The van der Waals surface area contributed by atoms with Crippen molar-refractivity contribution in [3.8, 4) is 22.4 Å². The molecule has 4 rings (SSSR count). The normalized spacial score (nSPS) is 12.9. The molecule has 0 radical (unpaired) electrons. The minimum Gasteiger partial charge on any atom is -0.374 e. The van der Waals surface area contributed by atoms with Crippen LogP contribution < -0.4 is 0 Å². The van der Waals surface area contributed by atoms with Gasteiger partial charge in [-0.15, -0.1) is 0 Å². The quantitative estimate of drug-likeness (QED) is 0.187. The van der Waals surface area contributed by atoms with E-state index < -0.39 is 8.07 Å². The Kier molecular flexibility index (Phi) is 7.82. The first-order valence-electron chi connectivity index (χ1n) is 11.7. The lowest BCUT2D eigenvalue weighted by Crippen LogP contribution is -2.22. The molecule has 2 aromatic carbocycles. The molecule has 2 heterocycles. The number of rotatable bonds is 10. The predicted molar refractivity (Wildman–Crippen MR) is 142 cm³/mol. The van der Waals surface area contributed by atoms with Gasteiger partial charge in [-0.25, -0.2) is 0 Å². The second kappa shape index (κ2) is 10.6. The molecule has 0 spiro atoms. The molecule has 0 aliphatic carbocycles. The summed E-state index contributed by atoms with van der Waals surface area (Å²) >= 11 is 1.85. The van der Waals surface area contributed by atoms with Crippen LogP contribution in [0, 0.1) is 0 Å². The van der Waals surface area contributed by atoms with Crippen molar-refractivity contribution in [1.29, 1.82) is 0 Å². The van der Waals surface area contributed by atoms with E-state index in [1.54, 1.807) is 0 Å². The standard InChI is InChI=1S/C27H36N2O2SSi/c1-28(2)14-15-30-19-21-18-24-22-10-6-8-12-25(22)32-26-13-9-7-11-23(26)27(24)29(21)20-31-16-17-33(3,4)5/h6-13,18H,14-17,19-20H2,1-5H3. The van der Waals surface area contributed by atoms with Gasteiger partial charge in [-0.1, -0.05) is 67.8 Å². The highest BCUT2D eigenvalue weighted by molar-refractivity contribution is 7.99. The van der Waals surface area contributed by atoms with Crippen LogP contribution in [-0.4, -0.2) is 51.4 Å². The lowest BCUT2D eigenvalue weighted by Gasteiger charge is -2.19. The molecule has 0 amide bonds. The van der Waals surface area contributed by atoms with E-state index in [9.17, 15) is 0 Å². The number of hydrogen-bond acceptors (Lipinski definition) is 4. The summed E-state index contributed by atoms with van der Waals surface area (Å²) < 4.78 is 14.7. The van der Waals surface area contributed by atoms with E-state index in [1.165, 1.54) is 43.9 Å². The van der Waals surface area contributed by atoms with Crippen molar-refractivity contribution >= 4 is 19.8 Å². The van der Waals surface area contributed by atoms with Gasteiger partial charge in [0.15, 0.2) is 0 Å². The second-order valence-electron chi connectivity index (χ2n) is 10.1. The summed E-state index contributed by atoms with van der Waals surface area (Å²) in [5.41, 5.74) is 6.22.